The molecule has 0 aliphatic carbocycles. The van der Waals surface area contributed by atoms with Crippen molar-refractivity contribution in [3.63, 3.8) is 0 Å². The van der Waals surface area contributed by atoms with E-state index in [0.717, 1.165) is 108 Å². The van der Waals surface area contributed by atoms with Crippen LogP contribution in [0.15, 0.2) is 0 Å². The molecule has 3 N–H and O–H groups in total. The average molecular weight is 1520 g/mol. The van der Waals surface area contributed by atoms with Gasteiger partial charge in [-0.25, -0.2) is 9.13 Å². The fourth-order valence-electron chi connectivity index (χ4n) is 13.2. The number of phosphoric ester groups is 2. The fourth-order valence-corrected chi connectivity index (χ4v) is 14.7. The number of carbonyl (C=O) groups excluding carboxylic acids is 4. The second kappa shape index (κ2) is 75.1. The predicted molar refractivity (Wildman–Crippen MR) is 428 cm³/mol. The summed E-state index contributed by atoms with van der Waals surface area (Å²) in [5.41, 5.74) is 0. The van der Waals surface area contributed by atoms with E-state index in [2.05, 4.69) is 48.5 Å². The van der Waals surface area contributed by atoms with Crippen LogP contribution in [0.2, 0.25) is 0 Å². The van der Waals surface area contributed by atoms with E-state index >= 15 is 0 Å². The Morgan fingerprint density at radius 2 is 0.490 bits per heavy atom. The molecule has 6 atom stereocenters. The third-order valence-electron chi connectivity index (χ3n) is 20.2. The highest BCUT2D eigenvalue weighted by molar-refractivity contribution is 7.47. The molecule has 0 aliphatic rings. The highest BCUT2D eigenvalue weighted by atomic mass is 31.2. The van der Waals surface area contributed by atoms with Crippen molar-refractivity contribution < 1.29 is 80.2 Å². The third kappa shape index (κ3) is 76.8. The molecule has 0 amide bonds. The number of hydrogen-bond donors (Lipinski definition) is 3. The van der Waals surface area contributed by atoms with Crippen molar-refractivity contribution in [2.24, 2.45) is 17.8 Å². The van der Waals surface area contributed by atoms with Crippen LogP contribution in [-0.2, 0) is 65.4 Å². The second-order valence-corrected chi connectivity index (χ2v) is 34.7. The van der Waals surface area contributed by atoms with Crippen LogP contribution >= 0.6 is 15.6 Å². The number of hydrogen-bond acceptors (Lipinski definition) is 15. The first-order chi connectivity index (χ1) is 50.3. The lowest BCUT2D eigenvalue weighted by Gasteiger charge is -2.21. The molecular weight excluding hydrogens is 1350 g/mol. The maximum Gasteiger partial charge on any atom is 0.472 e. The van der Waals surface area contributed by atoms with Crippen LogP contribution < -0.4 is 0 Å². The number of esters is 4. The first kappa shape index (κ1) is 102. The molecule has 0 radical (unpaired) electrons. The second-order valence-electron chi connectivity index (χ2n) is 31.8. The Balaban J connectivity index is 5.27. The van der Waals surface area contributed by atoms with Gasteiger partial charge in [0, 0.05) is 25.7 Å². The van der Waals surface area contributed by atoms with Crippen LogP contribution in [0.1, 0.15) is 447 Å². The van der Waals surface area contributed by atoms with Gasteiger partial charge < -0.3 is 33.8 Å². The average Bonchev–Trinajstić information content (AvgIpc) is 0.905. The van der Waals surface area contributed by atoms with Crippen LogP contribution in [0.25, 0.3) is 0 Å². The van der Waals surface area contributed by atoms with Gasteiger partial charge in [-0.3, -0.25) is 37.3 Å². The van der Waals surface area contributed by atoms with Gasteiger partial charge in [-0.2, -0.15) is 0 Å². The van der Waals surface area contributed by atoms with Crippen LogP contribution in [0.3, 0.4) is 0 Å². The standard InChI is InChI=1S/C85H166O17P2/c1-8-10-11-12-13-14-15-16-17-18-22-27-32-37-45-52-59-66-82(87)95-72-80(101-84(89)68-61-54-47-38-33-28-23-20-19-21-25-30-35-42-49-56-63-76(3)4)74-99-103(91,92)97-70-79(86)71-98-104(93,94)100-75-81(73-96-83(88)67-60-53-46-41-40-44-51-58-65-78(7)9-2)102-85(90)69-62-55-48-39-34-29-24-26-31-36-43-50-57-64-77(5)6/h76-81,86H,8-75H2,1-7H3,(H,91,92)(H,93,94)/t78?,79-,80-,81-/m1/s1. The van der Waals surface area contributed by atoms with Gasteiger partial charge in [0.2, 0.25) is 0 Å². The lowest BCUT2D eigenvalue weighted by molar-refractivity contribution is -0.161. The van der Waals surface area contributed by atoms with Crippen molar-refractivity contribution >= 4 is 39.5 Å². The van der Waals surface area contributed by atoms with E-state index < -0.39 is 97.5 Å². The van der Waals surface area contributed by atoms with E-state index in [-0.39, 0.29) is 25.7 Å². The van der Waals surface area contributed by atoms with Gasteiger partial charge in [0.1, 0.15) is 19.3 Å². The number of carbonyl (C=O) groups is 4. The topological polar surface area (TPSA) is 237 Å². The molecule has 0 fully saturated rings. The van der Waals surface area contributed by atoms with Gasteiger partial charge in [0.05, 0.1) is 26.4 Å². The maximum atomic E-state index is 13.1. The van der Waals surface area contributed by atoms with Gasteiger partial charge in [-0.1, -0.05) is 395 Å². The van der Waals surface area contributed by atoms with Crippen molar-refractivity contribution in [3.8, 4) is 0 Å². The summed E-state index contributed by atoms with van der Waals surface area (Å²) in [5, 5.41) is 10.7. The molecule has 0 saturated heterocycles. The van der Waals surface area contributed by atoms with E-state index in [0.29, 0.717) is 25.7 Å². The Morgan fingerprint density at radius 3 is 0.731 bits per heavy atom. The molecule has 0 spiro atoms. The van der Waals surface area contributed by atoms with Gasteiger partial charge >= 0.3 is 39.5 Å². The maximum absolute atomic E-state index is 13.1. The Labute approximate surface area is 638 Å². The Morgan fingerprint density at radius 1 is 0.279 bits per heavy atom. The quantitative estimate of drug-likeness (QED) is 0.0222. The van der Waals surface area contributed by atoms with Crippen molar-refractivity contribution in [1.82, 2.24) is 0 Å². The molecule has 0 aliphatic heterocycles. The molecule has 0 aromatic carbocycles. The number of unbranched alkanes of at least 4 members (excludes halogenated alkanes) is 50. The summed E-state index contributed by atoms with van der Waals surface area (Å²) in [5.74, 6) is 0.269. The van der Waals surface area contributed by atoms with Crippen LogP contribution in [0.5, 0.6) is 0 Å². The van der Waals surface area contributed by atoms with E-state index in [1.54, 1.807) is 0 Å². The minimum atomic E-state index is -4.97. The summed E-state index contributed by atoms with van der Waals surface area (Å²) in [7, 11) is -9.93. The molecule has 3 unspecified atom stereocenters. The summed E-state index contributed by atoms with van der Waals surface area (Å²) in [6.07, 6.45) is 65.1. The monoisotopic (exact) mass is 1520 g/mol. The Hall–Kier alpha value is -1.94. The molecule has 618 valence electrons. The zero-order valence-electron chi connectivity index (χ0n) is 68.5. The van der Waals surface area contributed by atoms with Gasteiger partial charge in [-0.05, 0) is 43.4 Å². The Bertz CT molecular complexity index is 2010. The van der Waals surface area contributed by atoms with Gasteiger partial charge in [0.15, 0.2) is 12.2 Å². The van der Waals surface area contributed by atoms with E-state index in [9.17, 15) is 43.2 Å². The van der Waals surface area contributed by atoms with E-state index in [1.165, 1.54) is 257 Å². The first-order valence-electron chi connectivity index (χ1n) is 43.9. The number of aliphatic hydroxyl groups is 1. The zero-order chi connectivity index (χ0) is 76.5. The molecule has 104 heavy (non-hydrogen) atoms. The minimum absolute atomic E-state index is 0.107. The van der Waals surface area contributed by atoms with Crippen molar-refractivity contribution in [2.75, 3.05) is 39.6 Å². The molecule has 0 heterocycles. The Kier molecular flexibility index (Phi) is 73.7. The zero-order valence-corrected chi connectivity index (χ0v) is 70.3. The highest BCUT2D eigenvalue weighted by Crippen LogP contribution is 2.45. The summed E-state index contributed by atoms with van der Waals surface area (Å²) < 4.78 is 68.9. The summed E-state index contributed by atoms with van der Waals surface area (Å²) in [6.45, 7) is 12.0. The SMILES string of the molecule is CCCCCCCCCCCCCCCCCCCC(=O)OC[C@H](COP(=O)(O)OC[C@@H](O)COP(=O)(O)OC[C@@H](COC(=O)CCCCCCCCCCC(C)CC)OC(=O)CCCCCCCCCCCCCCCC(C)C)OC(=O)CCCCCCCCCCCCCCCCCCC(C)C. The van der Waals surface area contributed by atoms with E-state index in [4.69, 9.17) is 37.0 Å². The highest BCUT2D eigenvalue weighted by Gasteiger charge is 2.30. The van der Waals surface area contributed by atoms with Crippen LogP contribution in [-0.4, -0.2) is 96.7 Å². The van der Waals surface area contributed by atoms with Crippen LogP contribution in [0, 0.1) is 17.8 Å². The number of rotatable bonds is 83. The smallest absolute Gasteiger partial charge is 0.462 e. The summed E-state index contributed by atoms with van der Waals surface area (Å²) in [6, 6.07) is 0. The molecule has 0 rings (SSSR count). The molecule has 19 heteroatoms. The third-order valence-corrected chi connectivity index (χ3v) is 22.1. The molecule has 0 bridgehead atoms. The lowest BCUT2D eigenvalue weighted by Crippen LogP contribution is -2.30. The largest absolute Gasteiger partial charge is 0.472 e. The van der Waals surface area contributed by atoms with Gasteiger partial charge in [0.25, 0.3) is 0 Å². The normalized spacial score (nSPS) is 14.2. The number of phosphoric acid groups is 2. The molecular formula is C85H166O17P2. The predicted octanol–water partition coefficient (Wildman–Crippen LogP) is 25.7. The number of ether oxygens (including phenoxy) is 4. The van der Waals surface area contributed by atoms with Gasteiger partial charge in [-0.15, -0.1) is 0 Å². The molecule has 0 aromatic heterocycles. The van der Waals surface area contributed by atoms with E-state index in [1.807, 2.05) is 0 Å². The molecule has 17 nitrogen and oxygen atoms in total. The first-order valence-corrected chi connectivity index (χ1v) is 46.9. The lowest BCUT2D eigenvalue weighted by atomic mass is 9.99. The van der Waals surface area contributed by atoms with Crippen LogP contribution in [0.4, 0.5) is 0 Å². The summed E-state index contributed by atoms with van der Waals surface area (Å²) >= 11 is 0. The summed E-state index contributed by atoms with van der Waals surface area (Å²) in [4.78, 5) is 73.2. The van der Waals surface area contributed by atoms with Crippen molar-refractivity contribution in [1.29, 1.82) is 0 Å². The van der Waals surface area contributed by atoms with Crippen molar-refractivity contribution in [3.05, 3.63) is 0 Å². The molecule has 0 aromatic rings. The molecule has 0 saturated carbocycles. The minimum Gasteiger partial charge on any atom is -0.462 e. The number of aliphatic hydroxyl groups excluding tert-OH is 1. The fraction of sp³-hybridized carbons (Fsp3) is 0.953. The van der Waals surface area contributed by atoms with Crippen molar-refractivity contribution in [2.45, 2.75) is 465 Å².